The maximum absolute atomic E-state index is 12.6. The molecular weight excluding hydrogens is 473 g/mol. The van der Waals surface area contributed by atoms with Crippen LogP contribution in [0, 0.1) is 0 Å². The highest BCUT2D eigenvalue weighted by Gasteiger charge is 2.30. The van der Waals surface area contributed by atoms with Gasteiger partial charge in [-0.15, -0.1) is 6.58 Å². The number of carbonyl (C=O) groups is 1. The Balaban J connectivity index is 1.93. The summed E-state index contributed by atoms with van der Waals surface area (Å²) in [4.78, 5) is 14.7. The van der Waals surface area contributed by atoms with Gasteiger partial charge >= 0.3 is 0 Å². The molecule has 0 bridgehead atoms. The Kier molecular flexibility index (Phi) is 8.06. The number of allylic oxidation sites excluding steroid dienone is 1. The van der Waals surface area contributed by atoms with E-state index < -0.39 is 0 Å². The quantitative estimate of drug-likeness (QED) is 0.237. The molecule has 2 aromatic rings. The number of thiocarbonyl (C=S) groups is 1. The van der Waals surface area contributed by atoms with Gasteiger partial charge in [-0.3, -0.25) is 9.69 Å². The number of benzene rings is 2. The minimum atomic E-state index is -0.0818. The molecule has 0 unspecified atom stereocenters. The lowest BCUT2D eigenvalue weighted by Gasteiger charge is -2.16. The molecule has 2 aromatic carbocycles. The SMILES string of the molecule is C=CCc1cc(C=C2SC(=S)N(CC)C2=O)cc(OC)c1OCc1ccc(Cl)c(Cl)c1. The Morgan fingerprint density at radius 1 is 1.23 bits per heavy atom. The Morgan fingerprint density at radius 3 is 2.61 bits per heavy atom. The number of carbonyl (C=O) groups excluding carboxylic acids is 1. The summed E-state index contributed by atoms with van der Waals surface area (Å²) in [6.45, 7) is 6.59. The van der Waals surface area contributed by atoms with Gasteiger partial charge in [0.15, 0.2) is 11.5 Å². The van der Waals surface area contributed by atoms with Crippen molar-refractivity contribution in [1.29, 1.82) is 0 Å². The molecule has 0 atom stereocenters. The van der Waals surface area contributed by atoms with Gasteiger partial charge in [0.2, 0.25) is 0 Å². The van der Waals surface area contributed by atoms with Crippen LogP contribution in [-0.2, 0) is 17.8 Å². The van der Waals surface area contributed by atoms with Gasteiger partial charge in [-0.05, 0) is 54.8 Å². The standard InChI is InChI=1S/C23H21Cl2NO3S2/c1-4-6-16-9-15(12-20-22(27)26(5-2)23(30)31-20)11-19(28-3)21(16)29-13-14-7-8-17(24)18(25)10-14/h4,7-12H,1,5-6,13H2,2-3H3. The molecule has 0 radical (unpaired) electrons. The van der Waals surface area contributed by atoms with Crippen molar-refractivity contribution in [1.82, 2.24) is 4.90 Å². The molecule has 1 aliphatic rings. The molecule has 31 heavy (non-hydrogen) atoms. The molecule has 4 nitrogen and oxygen atoms in total. The first-order valence-corrected chi connectivity index (χ1v) is 11.5. The molecule has 1 heterocycles. The highest BCUT2D eigenvalue weighted by molar-refractivity contribution is 8.26. The van der Waals surface area contributed by atoms with E-state index in [2.05, 4.69) is 6.58 Å². The zero-order valence-electron chi connectivity index (χ0n) is 17.1. The average molecular weight is 494 g/mol. The van der Waals surface area contributed by atoms with Gasteiger partial charge in [-0.25, -0.2) is 0 Å². The van der Waals surface area contributed by atoms with Gasteiger partial charge in [0, 0.05) is 12.1 Å². The molecule has 0 aromatic heterocycles. The third-order valence-corrected chi connectivity index (χ3v) is 6.71. The molecule has 1 saturated heterocycles. The summed E-state index contributed by atoms with van der Waals surface area (Å²) in [5.41, 5.74) is 2.60. The number of thioether (sulfide) groups is 1. The van der Waals surface area contributed by atoms with E-state index in [0.29, 0.717) is 50.3 Å². The Hall–Kier alpha value is -1.99. The van der Waals surface area contributed by atoms with Gasteiger partial charge in [0.1, 0.15) is 10.9 Å². The fraction of sp³-hybridized carbons (Fsp3) is 0.217. The van der Waals surface area contributed by atoms with Gasteiger partial charge < -0.3 is 9.47 Å². The van der Waals surface area contributed by atoms with Crippen molar-refractivity contribution in [2.24, 2.45) is 0 Å². The predicted molar refractivity (Wildman–Crippen MR) is 133 cm³/mol. The summed E-state index contributed by atoms with van der Waals surface area (Å²) in [7, 11) is 1.58. The van der Waals surface area contributed by atoms with E-state index in [1.807, 2.05) is 31.2 Å². The first-order valence-electron chi connectivity index (χ1n) is 9.51. The first kappa shape index (κ1) is 23.7. The summed E-state index contributed by atoms with van der Waals surface area (Å²) in [6.07, 6.45) is 4.19. The highest BCUT2D eigenvalue weighted by Crippen LogP contribution is 2.37. The number of hydrogen-bond acceptors (Lipinski definition) is 5. The normalized spacial score (nSPS) is 15.0. The highest BCUT2D eigenvalue weighted by atomic mass is 35.5. The van der Waals surface area contributed by atoms with E-state index in [9.17, 15) is 4.79 Å². The monoisotopic (exact) mass is 493 g/mol. The molecule has 0 aliphatic carbocycles. The molecule has 0 spiro atoms. The number of halogens is 2. The van der Waals surface area contributed by atoms with Crippen molar-refractivity contribution in [2.75, 3.05) is 13.7 Å². The lowest BCUT2D eigenvalue weighted by atomic mass is 10.0. The second kappa shape index (κ2) is 10.6. The van der Waals surface area contributed by atoms with Crippen LogP contribution in [0.25, 0.3) is 6.08 Å². The molecule has 1 aliphatic heterocycles. The van der Waals surface area contributed by atoms with Crippen LogP contribution in [0.15, 0.2) is 47.9 Å². The van der Waals surface area contributed by atoms with Crippen LogP contribution >= 0.6 is 47.2 Å². The second-order valence-electron chi connectivity index (χ2n) is 6.67. The predicted octanol–water partition coefficient (Wildman–Crippen LogP) is 6.53. The minimum Gasteiger partial charge on any atom is -0.493 e. The van der Waals surface area contributed by atoms with E-state index in [1.165, 1.54) is 11.8 Å². The van der Waals surface area contributed by atoms with Crippen molar-refractivity contribution in [3.63, 3.8) is 0 Å². The van der Waals surface area contributed by atoms with Gasteiger partial charge in [0.25, 0.3) is 5.91 Å². The van der Waals surface area contributed by atoms with Crippen LogP contribution in [0.4, 0.5) is 0 Å². The molecule has 8 heteroatoms. The van der Waals surface area contributed by atoms with Crippen molar-refractivity contribution in [3.05, 3.63) is 74.6 Å². The molecule has 1 fully saturated rings. The van der Waals surface area contributed by atoms with Crippen LogP contribution < -0.4 is 9.47 Å². The van der Waals surface area contributed by atoms with Crippen LogP contribution in [0.3, 0.4) is 0 Å². The number of nitrogens with zero attached hydrogens (tertiary/aromatic N) is 1. The summed E-state index contributed by atoms with van der Waals surface area (Å²) in [5.74, 6) is 1.10. The Labute approximate surface area is 201 Å². The number of ether oxygens (including phenoxy) is 2. The molecule has 0 N–H and O–H groups in total. The van der Waals surface area contributed by atoms with Gasteiger partial charge in [-0.2, -0.15) is 0 Å². The van der Waals surface area contributed by atoms with Crippen molar-refractivity contribution in [3.8, 4) is 11.5 Å². The number of likely N-dealkylation sites (N-methyl/N-ethyl adjacent to an activating group) is 1. The third kappa shape index (κ3) is 5.44. The largest absolute Gasteiger partial charge is 0.493 e. The zero-order valence-corrected chi connectivity index (χ0v) is 20.3. The van der Waals surface area contributed by atoms with Crippen LogP contribution in [-0.4, -0.2) is 28.8 Å². The van der Waals surface area contributed by atoms with Crippen LogP contribution in [0.2, 0.25) is 10.0 Å². The lowest BCUT2D eigenvalue weighted by molar-refractivity contribution is -0.121. The van der Waals surface area contributed by atoms with Gasteiger partial charge in [-0.1, -0.05) is 59.3 Å². The summed E-state index contributed by atoms with van der Waals surface area (Å²) >= 11 is 18.7. The number of amides is 1. The number of rotatable bonds is 8. The Bertz CT molecular complexity index is 1070. The molecule has 162 valence electrons. The summed E-state index contributed by atoms with van der Waals surface area (Å²) < 4.78 is 12.3. The average Bonchev–Trinajstić information content (AvgIpc) is 3.01. The maximum Gasteiger partial charge on any atom is 0.266 e. The second-order valence-corrected chi connectivity index (χ2v) is 9.16. The lowest BCUT2D eigenvalue weighted by Crippen LogP contribution is -2.27. The third-order valence-electron chi connectivity index (χ3n) is 4.59. The van der Waals surface area contributed by atoms with Crippen molar-refractivity contribution >= 4 is 63.5 Å². The topological polar surface area (TPSA) is 38.8 Å². The molecular formula is C23H21Cl2NO3S2. The number of hydrogen-bond donors (Lipinski definition) is 0. The molecule has 0 saturated carbocycles. The molecule has 1 amide bonds. The van der Waals surface area contributed by atoms with E-state index in [-0.39, 0.29) is 5.91 Å². The fourth-order valence-corrected chi connectivity index (χ4v) is 4.80. The smallest absolute Gasteiger partial charge is 0.266 e. The fourth-order valence-electron chi connectivity index (χ4n) is 3.10. The summed E-state index contributed by atoms with van der Waals surface area (Å²) in [6, 6.07) is 9.17. The Morgan fingerprint density at radius 2 is 2.00 bits per heavy atom. The minimum absolute atomic E-state index is 0.0818. The van der Waals surface area contributed by atoms with E-state index in [0.717, 1.165) is 16.7 Å². The van der Waals surface area contributed by atoms with Crippen molar-refractivity contribution in [2.45, 2.75) is 20.0 Å². The molecule has 3 rings (SSSR count). The van der Waals surface area contributed by atoms with E-state index in [4.69, 9.17) is 44.9 Å². The number of methoxy groups -OCH3 is 1. The van der Waals surface area contributed by atoms with Gasteiger partial charge in [0.05, 0.1) is 22.1 Å². The maximum atomic E-state index is 12.6. The van der Waals surface area contributed by atoms with Crippen LogP contribution in [0.5, 0.6) is 11.5 Å². The summed E-state index contributed by atoms with van der Waals surface area (Å²) in [5, 5.41) is 0.967. The van der Waals surface area contributed by atoms with E-state index in [1.54, 1.807) is 30.2 Å². The van der Waals surface area contributed by atoms with Crippen molar-refractivity contribution < 1.29 is 14.3 Å². The first-order chi connectivity index (χ1) is 14.9. The zero-order chi connectivity index (χ0) is 22.5. The van der Waals surface area contributed by atoms with Crippen LogP contribution in [0.1, 0.15) is 23.6 Å². The van der Waals surface area contributed by atoms with E-state index >= 15 is 0 Å².